The summed E-state index contributed by atoms with van der Waals surface area (Å²) in [5.74, 6) is -1.24. The summed E-state index contributed by atoms with van der Waals surface area (Å²) in [4.78, 5) is 20.6. The Morgan fingerprint density at radius 1 is 1.33 bits per heavy atom. The maximum atomic E-state index is 10.3. The number of carbonyl (C=O) groups is 2. The van der Waals surface area contributed by atoms with Gasteiger partial charge in [-0.2, -0.15) is 0 Å². The monoisotopic (exact) mass is 256 g/mol. The van der Waals surface area contributed by atoms with E-state index in [1.165, 1.54) is 6.08 Å². The zero-order valence-corrected chi connectivity index (χ0v) is 11.8. The highest BCUT2D eigenvalue weighted by Gasteiger charge is 2.20. The van der Waals surface area contributed by atoms with Crippen molar-refractivity contribution in [2.75, 3.05) is 6.61 Å². The molecule has 0 radical (unpaired) electrons. The number of unbranched alkanes of at least 4 members (excludes halogenated alkanes) is 1. The van der Waals surface area contributed by atoms with Crippen molar-refractivity contribution < 1.29 is 19.4 Å². The molecule has 4 nitrogen and oxygen atoms in total. The number of carboxylic acid groups (broad SMARTS) is 1. The molecule has 0 aromatic carbocycles. The molecule has 0 heterocycles. The third kappa shape index (κ3) is 10.9. The molecule has 0 aliphatic rings. The Labute approximate surface area is 109 Å². The maximum Gasteiger partial charge on any atom is 0.331 e. The van der Waals surface area contributed by atoms with Crippen LogP contribution in [0.4, 0.5) is 0 Å². The zero-order valence-electron chi connectivity index (χ0n) is 11.8. The van der Waals surface area contributed by atoms with E-state index in [2.05, 4.69) is 17.9 Å². The first-order chi connectivity index (χ1) is 8.16. The van der Waals surface area contributed by atoms with Gasteiger partial charge in [0.15, 0.2) is 0 Å². The van der Waals surface area contributed by atoms with Gasteiger partial charge in [-0.1, -0.05) is 47.3 Å². The second kappa shape index (κ2) is 9.45. The number of carbonyl (C=O) groups excluding carboxylic acids is 1. The van der Waals surface area contributed by atoms with E-state index < -0.39 is 5.97 Å². The molecule has 104 valence electrons. The van der Waals surface area contributed by atoms with Gasteiger partial charge in [-0.15, -0.1) is 0 Å². The van der Waals surface area contributed by atoms with E-state index in [-0.39, 0.29) is 17.0 Å². The van der Waals surface area contributed by atoms with Gasteiger partial charge >= 0.3 is 11.9 Å². The molecule has 0 aliphatic heterocycles. The summed E-state index contributed by atoms with van der Waals surface area (Å²) in [6.07, 6.45) is 3.15. The minimum absolute atomic E-state index is 0.252. The second-order valence-electron chi connectivity index (χ2n) is 4.76. The van der Waals surface area contributed by atoms with E-state index in [9.17, 15) is 9.59 Å². The minimum atomic E-state index is -0.914. The van der Waals surface area contributed by atoms with Crippen LogP contribution in [-0.2, 0) is 14.3 Å². The summed E-state index contributed by atoms with van der Waals surface area (Å²) in [7, 11) is 0. The van der Waals surface area contributed by atoms with Gasteiger partial charge in [-0.3, -0.25) is 0 Å². The maximum absolute atomic E-state index is 10.3. The summed E-state index contributed by atoms with van der Waals surface area (Å²) >= 11 is 0. The van der Waals surface area contributed by atoms with Crippen LogP contribution in [0.2, 0.25) is 0 Å². The largest absolute Gasteiger partial charge is 0.478 e. The molecule has 0 fully saturated rings. The molecule has 0 bridgehead atoms. The Kier molecular flexibility index (Phi) is 9.86. The average molecular weight is 256 g/mol. The molecule has 0 amide bonds. The number of ether oxygens (including phenoxy) is 1. The van der Waals surface area contributed by atoms with Crippen LogP contribution in [0.1, 0.15) is 40.5 Å². The SMILES string of the molecule is C=C(C(=O)O)C(C)(C)C.C=CC(=O)OCCCC. The van der Waals surface area contributed by atoms with Gasteiger partial charge in [-0.25, -0.2) is 9.59 Å². The first-order valence-corrected chi connectivity index (χ1v) is 5.88. The first kappa shape index (κ1) is 18.8. The smallest absolute Gasteiger partial charge is 0.331 e. The number of hydrogen-bond acceptors (Lipinski definition) is 3. The fourth-order valence-corrected chi connectivity index (χ4v) is 0.697. The van der Waals surface area contributed by atoms with Crippen LogP contribution < -0.4 is 0 Å². The molecule has 0 saturated heterocycles. The van der Waals surface area contributed by atoms with E-state index in [4.69, 9.17) is 5.11 Å². The predicted molar refractivity (Wildman–Crippen MR) is 72.3 cm³/mol. The van der Waals surface area contributed by atoms with E-state index >= 15 is 0 Å². The van der Waals surface area contributed by atoms with E-state index in [1.807, 2.05) is 27.7 Å². The van der Waals surface area contributed by atoms with Crippen molar-refractivity contribution in [1.82, 2.24) is 0 Å². The third-order valence-corrected chi connectivity index (χ3v) is 2.07. The van der Waals surface area contributed by atoms with Crippen LogP contribution in [0.3, 0.4) is 0 Å². The van der Waals surface area contributed by atoms with Crippen LogP contribution in [0.25, 0.3) is 0 Å². The molecule has 0 saturated carbocycles. The van der Waals surface area contributed by atoms with Crippen molar-refractivity contribution in [1.29, 1.82) is 0 Å². The predicted octanol–water partition coefficient (Wildman–Crippen LogP) is 3.19. The third-order valence-electron chi connectivity index (χ3n) is 2.07. The Morgan fingerprint density at radius 3 is 2.06 bits per heavy atom. The Balaban J connectivity index is 0. The van der Waals surface area contributed by atoms with E-state index in [1.54, 1.807) is 0 Å². The summed E-state index contributed by atoms with van der Waals surface area (Å²) < 4.78 is 4.67. The van der Waals surface area contributed by atoms with Crippen LogP contribution in [0.5, 0.6) is 0 Å². The van der Waals surface area contributed by atoms with Crippen molar-refractivity contribution in [2.45, 2.75) is 40.5 Å². The zero-order chi connectivity index (χ0) is 14.8. The lowest BCUT2D eigenvalue weighted by Crippen LogP contribution is -2.15. The standard InChI is InChI=1S/2C7H12O2/c1-5(6(8)9)7(2,3)4;1-3-5-6-9-7(8)4-2/h1H2,2-4H3,(H,8,9);4H,2-3,5-6H2,1H3. The number of esters is 1. The van der Waals surface area contributed by atoms with E-state index in [0.717, 1.165) is 12.8 Å². The van der Waals surface area contributed by atoms with Gasteiger partial charge in [0, 0.05) is 11.6 Å². The molecule has 0 atom stereocenters. The van der Waals surface area contributed by atoms with Gasteiger partial charge in [0.25, 0.3) is 0 Å². The highest BCUT2D eigenvalue weighted by atomic mass is 16.5. The van der Waals surface area contributed by atoms with Crippen LogP contribution in [0.15, 0.2) is 24.8 Å². The molecule has 0 unspecified atom stereocenters. The average Bonchev–Trinajstić information content (AvgIpc) is 2.27. The van der Waals surface area contributed by atoms with Gasteiger partial charge in [0.1, 0.15) is 0 Å². The molecule has 0 rings (SSSR count). The van der Waals surface area contributed by atoms with E-state index in [0.29, 0.717) is 6.61 Å². The number of hydrogen-bond donors (Lipinski definition) is 1. The molecular weight excluding hydrogens is 232 g/mol. The van der Waals surface area contributed by atoms with Crippen molar-refractivity contribution in [2.24, 2.45) is 5.41 Å². The summed E-state index contributed by atoms with van der Waals surface area (Å²) in [5, 5.41) is 8.42. The topological polar surface area (TPSA) is 63.6 Å². The van der Waals surface area contributed by atoms with Gasteiger partial charge in [0.2, 0.25) is 0 Å². The molecular formula is C14H24O4. The fourth-order valence-electron chi connectivity index (χ4n) is 0.697. The summed E-state index contributed by atoms with van der Waals surface area (Å²) in [6, 6.07) is 0. The fraction of sp³-hybridized carbons (Fsp3) is 0.571. The van der Waals surface area contributed by atoms with Crippen molar-refractivity contribution in [3.63, 3.8) is 0 Å². The van der Waals surface area contributed by atoms with Gasteiger partial charge in [-0.05, 0) is 11.8 Å². The van der Waals surface area contributed by atoms with Crippen LogP contribution >= 0.6 is 0 Å². The van der Waals surface area contributed by atoms with Gasteiger partial charge < -0.3 is 9.84 Å². The van der Waals surface area contributed by atoms with Crippen molar-refractivity contribution >= 4 is 11.9 Å². The Hall–Kier alpha value is -1.58. The Bertz CT molecular complexity index is 297. The van der Waals surface area contributed by atoms with Crippen molar-refractivity contribution in [3.05, 3.63) is 24.8 Å². The summed E-state index contributed by atoms with van der Waals surface area (Å²) in [6.45, 7) is 14.7. The second-order valence-corrected chi connectivity index (χ2v) is 4.76. The highest BCUT2D eigenvalue weighted by Crippen LogP contribution is 2.22. The normalized spacial score (nSPS) is 9.78. The lowest BCUT2D eigenvalue weighted by molar-refractivity contribution is -0.138. The first-order valence-electron chi connectivity index (χ1n) is 5.88. The van der Waals surface area contributed by atoms with Crippen LogP contribution in [-0.4, -0.2) is 23.7 Å². The molecule has 1 N–H and O–H groups in total. The lowest BCUT2D eigenvalue weighted by atomic mass is 9.88. The molecule has 0 spiro atoms. The number of carboxylic acids is 1. The number of aliphatic carboxylic acids is 1. The summed E-state index contributed by atoms with van der Waals surface area (Å²) in [5.41, 5.74) is -0.0613. The molecule has 4 heteroatoms. The lowest BCUT2D eigenvalue weighted by Gasteiger charge is -2.17. The minimum Gasteiger partial charge on any atom is -0.478 e. The highest BCUT2D eigenvalue weighted by molar-refractivity contribution is 5.87. The van der Waals surface area contributed by atoms with Gasteiger partial charge in [0.05, 0.1) is 6.61 Å². The molecule has 0 aromatic heterocycles. The molecule has 0 aliphatic carbocycles. The molecule has 18 heavy (non-hydrogen) atoms. The quantitative estimate of drug-likeness (QED) is 0.466. The number of rotatable bonds is 5. The van der Waals surface area contributed by atoms with Crippen LogP contribution in [0, 0.1) is 5.41 Å². The molecule has 0 aromatic rings. The Morgan fingerprint density at radius 2 is 1.83 bits per heavy atom. The van der Waals surface area contributed by atoms with Crippen molar-refractivity contribution in [3.8, 4) is 0 Å².